The molecule has 0 unspecified atom stereocenters. The highest BCUT2D eigenvalue weighted by molar-refractivity contribution is 4.88. The monoisotopic (exact) mass is 109 g/mol. The fourth-order valence-electron chi connectivity index (χ4n) is 0.428. The smallest absolute Gasteiger partial charge is 0.0172 e. The van der Waals surface area contributed by atoms with E-state index in [1.54, 1.807) is 0 Å². The van der Waals surface area contributed by atoms with E-state index in [-0.39, 0.29) is 0 Å². The molecule has 0 aromatic rings. The summed E-state index contributed by atoms with van der Waals surface area (Å²) in [4.78, 5) is 0. The minimum atomic E-state index is 0.986. The van der Waals surface area contributed by atoms with Gasteiger partial charge in [0, 0.05) is 0 Å². The van der Waals surface area contributed by atoms with Crippen molar-refractivity contribution in [1.29, 1.82) is 0 Å². The van der Waals surface area contributed by atoms with E-state index in [1.165, 1.54) is 0 Å². The van der Waals surface area contributed by atoms with Crippen molar-refractivity contribution < 1.29 is 0 Å². The molecule has 0 aliphatic heterocycles. The maximum absolute atomic E-state index is 3.71. The summed E-state index contributed by atoms with van der Waals surface area (Å²) in [6.45, 7) is 7.30. The molecule has 0 saturated heterocycles. The maximum atomic E-state index is 3.71. The second kappa shape index (κ2) is 6.48. The molecule has 0 heteroatoms. The lowest BCUT2D eigenvalue weighted by Gasteiger charge is -1.80. The van der Waals surface area contributed by atoms with Crippen LogP contribution in [0.1, 0.15) is 19.3 Å². The SMILES string of the molecule is [CH2]CCC=CCC=C. The van der Waals surface area contributed by atoms with E-state index >= 15 is 0 Å². The van der Waals surface area contributed by atoms with Gasteiger partial charge in [-0.15, -0.1) is 6.58 Å². The molecule has 0 bridgehead atoms. The van der Waals surface area contributed by atoms with Crippen LogP contribution in [-0.4, -0.2) is 0 Å². The van der Waals surface area contributed by atoms with Crippen molar-refractivity contribution >= 4 is 0 Å². The van der Waals surface area contributed by atoms with Gasteiger partial charge in [0.1, 0.15) is 0 Å². The molecule has 0 fully saturated rings. The predicted octanol–water partition coefficient (Wildman–Crippen LogP) is 2.73. The van der Waals surface area contributed by atoms with Gasteiger partial charge in [0.25, 0.3) is 0 Å². The van der Waals surface area contributed by atoms with Crippen molar-refractivity contribution in [3.8, 4) is 0 Å². The van der Waals surface area contributed by atoms with Gasteiger partial charge in [-0.1, -0.05) is 25.2 Å². The summed E-state index contributed by atoms with van der Waals surface area (Å²) >= 11 is 0. The molecular weight excluding hydrogens is 96.1 g/mol. The van der Waals surface area contributed by atoms with Crippen LogP contribution in [-0.2, 0) is 0 Å². The van der Waals surface area contributed by atoms with E-state index < -0.39 is 0 Å². The number of rotatable bonds is 4. The van der Waals surface area contributed by atoms with Crippen LogP contribution in [0.5, 0.6) is 0 Å². The molecule has 0 aliphatic rings. The van der Waals surface area contributed by atoms with Gasteiger partial charge in [-0.2, -0.15) is 0 Å². The Kier molecular flexibility index (Phi) is 6.06. The second-order valence-electron chi connectivity index (χ2n) is 1.64. The largest absolute Gasteiger partial charge is 0.103 e. The molecule has 0 nitrogen and oxygen atoms in total. The standard InChI is InChI=1S/C8H13/c1-3-5-7-8-6-4-2/h3,7-8H,1-2,4-6H2. The van der Waals surface area contributed by atoms with E-state index in [4.69, 9.17) is 0 Å². The van der Waals surface area contributed by atoms with Gasteiger partial charge in [-0.25, -0.2) is 0 Å². The highest BCUT2D eigenvalue weighted by atomic mass is 13.8. The Morgan fingerprint density at radius 3 is 2.50 bits per heavy atom. The Bertz CT molecular complexity index is 70.1. The van der Waals surface area contributed by atoms with Crippen molar-refractivity contribution in [2.24, 2.45) is 0 Å². The van der Waals surface area contributed by atoms with Gasteiger partial charge in [0.05, 0.1) is 0 Å². The highest BCUT2D eigenvalue weighted by Crippen LogP contribution is 1.89. The third-order valence-electron chi connectivity index (χ3n) is 0.840. The van der Waals surface area contributed by atoms with E-state index in [2.05, 4.69) is 25.7 Å². The van der Waals surface area contributed by atoms with Crippen LogP contribution < -0.4 is 0 Å². The van der Waals surface area contributed by atoms with Crippen LogP contribution in [0.3, 0.4) is 0 Å². The number of hydrogen-bond acceptors (Lipinski definition) is 0. The lowest BCUT2D eigenvalue weighted by Crippen LogP contribution is -1.60. The Morgan fingerprint density at radius 2 is 2.00 bits per heavy atom. The van der Waals surface area contributed by atoms with E-state index in [0.717, 1.165) is 19.3 Å². The normalized spacial score (nSPS) is 10.1. The molecule has 0 rings (SSSR count). The minimum absolute atomic E-state index is 0.986. The first-order chi connectivity index (χ1) is 3.91. The molecule has 8 heavy (non-hydrogen) atoms. The average Bonchev–Trinajstić information content (AvgIpc) is 1.81. The first kappa shape index (κ1) is 7.48. The minimum Gasteiger partial charge on any atom is -0.103 e. The van der Waals surface area contributed by atoms with Crippen LogP contribution in [0.25, 0.3) is 0 Å². The van der Waals surface area contributed by atoms with Crippen LogP contribution in [0.15, 0.2) is 24.8 Å². The molecule has 45 valence electrons. The van der Waals surface area contributed by atoms with Crippen molar-refractivity contribution in [2.75, 3.05) is 0 Å². The zero-order valence-electron chi connectivity index (χ0n) is 5.27. The lowest BCUT2D eigenvalue weighted by molar-refractivity contribution is 1.04. The second-order valence-corrected chi connectivity index (χ2v) is 1.64. The fourth-order valence-corrected chi connectivity index (χ4v) is 0.428. The Labute approximate surface area is 51.9 Å². The van der Waals surface area contributed by atoms with Crippen LogP contribution in [0.4, 0.5) is 0 Å². The molecule has 0 heterocycles. The van der Waals surface area contributed by atoms with Crippen LogP contribution in [0.2, 0.25) is 0 Å². The van der Waals surface area contributed by atoms with E-state index in [9.17, 15) is 0 Å². The van der Waals surface area contributed by atoms with Gasteiger partial charge >= 0.3 is 0 Å². The topological polar surface area (TPSA) is 0 Å². The highest BCUT2D eigenvalue weighted by Gasteiger charge is 1.69. The van der Waals surface area contributed by atoms with Crippen molar-refractivity contribution in [2.45, 2.75) is 19.3 Å². The van der Waals surface area contributed by atoms with E-state index in [1.807, 2.05) is 6.08 Å². The van der Waals surface area contributed by atoms with Crippen molar-refractivity contribution in [3.63, 3.8) is 0 Å². The molecule has 0 saturated carbocycles. The first-order valence-corrected chi connectivity index (χ1v) is 2.97. The number of unbranched alkanes of at least 4 members (excludes halogenated alkanes) is 1. The molecule has 0 amide bonds. The summed E-state index contributed by atoms with van der Waals surface area (Å²) in [6, 6.07) is 0. The summed E-state index contributed by atoms with van der Waals surface area (Å²) in [5.41, 5.74) is 0. The molecule has 0 aromatic heterocycles. The fraction of sp³-hybridized carbons (Fsp3) is 0.375. The summed E-state index contributed by atoms with van der Waals surface area (Å²) in [6.07, 6.45) is 9.20. The Balaban J connectivity index is 2.94. The number of hydrogen-bond donors (Lipinski definition) is 0. The third kappa shape index (κ3) is 5.48. The van der Waals surface area contributed by atoms with Crippen LogP contribution >= 0.6 is 0 Å². The quantitative estimate of drug-likeness (QED) is 0.487. The zero-order valence-corrected chi connectivity index (χ0v) is 5.27. The van der Waals surface area contributed by atoms with Gasteiger partial charge < -0.3 is 0 Å². The van der Waals surface area contributed by atoms with Gasteiger partial charge in [-0.3, -0.25) is 0 Å². The average molecular weight is 109 g/mol. The molecule has 0 aromatic carbocycles. The molecule has 0 aliphatic carbocycles. The molecule has 1 radical (unpaired) electrons. The summed E-state index contributed by atoms with van der Waals surface area (Å²) in [5.74, 6) is 0. The summed E-state index contributed by atoms with van der Waals surface area (Å²) in [5, 5.41) is 0. The first-order valence-electron chi connectivity index (χ1n) is 2.97. The number of allylic oxidation sites excluding steroid dienone is 3. The molecule has 0 atom stereocenters. The zero-order chi connectivity index (χ0) is 6.24. The van der Waals surface area contributed by atoms with E-state index in [0.29, 0.717) is 0 Å². The molecule has 0 N–H and O–H groups in total. The Hall–Kier alpha value is -0.520. The van der Waals surface area contributed by atoms with Crippen molar-refractivity contribution in [1.82, 2.24) is 0 Å². The summed E-state index contributed by atoms with van der Waals surface area (Å²) in [7, 11) is 0. The van der Waals surface area contributed by atoms with Crippen LogP contribution in [0, 0.1) is 6.92 Å². The van der Waals surface area contributed by atoms with Gasteiger partial charge in [0.2, 0.25) is 0 Å². The lowest BCUT2D eigenvalue weighted by atomic mass is 10.3. The maximum Gasteiger partial charge on any atom is -0.0172 e. The Morgan fingerprint density at radius 1 is 1.25 bits per heavy atom. The van der Waals surface area contributed by atoms with Gasteiger partial charge in [0.15, 0.2) is 0 Å². The predicted molar refractivity (Wildman–Crippen MR) is 38.5 cm³/mol. The van der Waals surface area contributed by atoms with Crippen molar-refractivity contribution in [3.05, 3.63) is 31.7 Å². The molecule has 0 spiro atoms. The third-order valence-corrected chi connectivity index (χ3v) is 0.840. The van der Waals surface area contributed by atoms with Gasteiger partial charge in [-0.05, 0) is 19.3 Å². The molecular formula is C8H13. The summed E-state index contributed by atoms with van der Waals surface area (Å²) < 4.78 is 0.